The first-order chi connectivity index (χ1) is 17.7. The number of ether oxygens (including phenoxy) is 1. The van der Waals surface area contributed by atoms with Gasteiger partial charge < -0.3 is 4.74 Å². The van der Waals surface area contributed by atoms with Crippen molar-refractivity contribution in [3.8, 4) is 17.0 Å². The fourth-order valence-corrected chi connectivity index (χ4v) is 4.70. The molecular weight excluding hydrogens is 442 g/mol. The molecule has 0 aliphatic heterocycles. The van der Waals surface area contributed by atoms with Gasteiger partial charge >= 0.3 is 5.97 Å². The molecule has 0 amide bonds. The number of aryl methyl sites for hydroxylation is 1. The van der Waals surface area contributed by atoms with Crippen LogP contribution >= 0.6 is 0 Å². The van der Waals surface area contributed by atoms with Gasteiger partial charge in [-0.2, -0.15) is 0 Å². The smallest absolute Gasteiger partial charge is 0.311 e. The molecule has 36 heavy (non-hydrogen) atoms. The Kier molecular flexibility index (Phi) is 12.5. The van der Waals surface area contributed by atoms with Crippen molar-refractivity contribution in [2.75, 3.05) is 0 Å². The van der Waals surface area contributed by atoms with E-state index in [1.54, 1.807) is 0 Å². The Hall–Kier alpha value is -2.68. The molecule has 0 atom stereocenters. The number of esters is 1. The minimum atomic E-state index is -0.142. The molecule has 3 heteroatoms. The first-order valence-corrected chi connectivity index (χ1v) is 14.4. The molecule has 0 saturated carbocycles. The highest BCUT2D eigenvalue weighted by Crippen LogP contribution is 2.25. The highest BCUT2D eigenvalue weighted by Gasteiger charge is 2.07. The molecule has 0 radical (unpaired) electrons. The Morgan fingerprint density at radius 3 is 2.03 bits per heavy atom. The Morgan fingerprint density at radius 1 is 0.694 bits per heavy atom. The van der Waals surface area contributed by atoms with E-state index in [0.29, 0.717) is 12.2 Å². The number of hydrogen-bond acceptors (Lipinski definition) is 3. The fraction of sp³-hybridized carbons (Fsp3) is 0.515. The van der Waals surface area contributed by atoms with Gasteiger partial charge in [-0.25, -0.2) is 4.98 Å². The van der Waals surface area contributed by atoms with Crippen LogP contribution < -0.4 is 4.74 Å². The predicted molar refractivity (Wildman–Crippen MR) is 153 cm³/mol. The van der Waals surface area contributed by atoms with Gasteiger partial charge in [-0.3, -0.25) is 4.79 Å². The van der Waals surface area contributed by atoms with E-state index in [9.17, 15) is 4.79 Å². The summed E-state index contributed by atoms with van der Waals surface area (Å²) in [5, 5.41) is 1.19. The van der Waals surface area contributed by atoms with Gasteiger partial charge in [0, 0.05) is 17.4 Å². The summed E-state index contributed by atoms with van der Waals surface area (Å²) in [7, 11) is 0. The molecular formula is C33H45NO2. The molecule has 3 nitrogen and oxygen atoms in total. The number of benzene rings is 2. The SMILES string of the molecule is CCCCCCCCCC(=O)Oc1ccc(-c2ccc3cc(CCCCCCCC)ccc3n2)cc1. The Balaban J connectivity index is 1.46. The van der Waals surface area contributed by atoms with Gasteiger partial charge in [-0.05, 0) is 67.3 Å². The van der Waals surface area contributed by atoms with Gasteiger partial charge in [0.25, 0.3) is 0 Å². The van der Waals surface area contributed by atoms with Crippen molar-refractivity contribution in [1.82, 2.24) is 4.98 Å². The minimum absolute atomic E-state index is 0.142. The van der Waals surface area contributed by atoms with Crippen LogP contribution in [0.15, 0.2) is 54.6 Å². The second-order valence-electron chi connectivity index (χ2n) is 10.1. The number of fused-ring (bicyclic) bond motifs is 1. The van der Waals surface area contributed by atoms with Crippen LogP contribution in [-0.2, 0) is 11.2 Å². The van der Waals surface area contributed by atoms with Crippen LogP contribution in [0.2, 0.25) is 0 Å². The summed E-state index contributed by atoms with van der Waals surface area (Å²) >= 11 is 0. The first-order valence-electron chi connectivity index (χ1n) is 14.4. The van der Waals surface area contributed by atoms with Crippen molar-refractivity contribution in [2.24, 2.45) is 0 Å². The fourth-order valence-electron chi connectivity index (χ4n) is 4.70. The molecule has 1 heterocycles. The molecule has 0 aliphatic rings. The van der Waals surface area contributed by atoms with E-state index in [-0.39, 0.29) is 5.97 Å². The second-order valence-corrected chi connectivity index (χ2v) is 10.1. The van der Waals surface area contributed by atoms with Gasteiger partial charge in [0.1, 0.15) is 5.75 Å². The first kappa shape index (κ1) is 27.9. The summed E-state index contributed by atoms with van der Waals surface area (Å²) < 4.78 is 5.53. The van der Waals surface area contributed by atoms with Crippen molar-refractivity contribution in [2.45, 2.75) is 110 Å². The summed E-state index contributed by atoms with van der Waals surface area (Å²) in [4.78, 5) is 17.0. The molecule has 0 bridgehead atoms. The predicted octanol–water partition coefficient (Wildman–Crippen LogP) is 9.85. The quantitative estimate of drug-likeness (QED) is 0.108. The monoisotopic (exact) mass is 487 g/mol. The van der Waals surface area contributed by atoms with Crippen LogP contribution in [0, 0.1) is 0 Å². The molecule has 0 saturated heterocycles. The molecule has 0 N–H and O–H groups in total. The lowest BCUT2D eigenvalue weighted by atomic mass is 10.0. The maximum atomic E-state index is 12.2. The highest BCUT2D eigenvalue weighted by atomic mass is 16.5. The topological polar surface area (TPSA) is 39.2 Å². The van der Waals surface area contributed by atoms with Gasteiger partial charge in [0.05, 0.1) is 11.2 Å². The van der Waals surface area contributed by atoms with Gasteiger partial charge in [0.15, 0.2) is 0 Å². The van der Waals surface area contributed by atoms with Crippen LogP contribution in [0.4, 0.5) is 0 Å². The van der Waals surface area contributed by atoms with Crippen LogP contribution in [0.1, 0.15) is 109 Å². The zero-order valence-electron chi connectivity index (χ0n) is 22.6. The van der Waals surface area contributed by atoms with Crippen molar-refractivity contribution >= 4 is 16.9 Å². The number of carbonyl (C=O) groups is 1. The van der Waals surface area contributed by atoms with Crippen molar-refractivity contribution in [1.29, 1.82) is 0 Å². The molecule has 0 fully saturated rings. The van der Waals surface area contributed by atoms with Crippen molar-refractivity contribution in [3.05, 3.63) is 60.2 Å². The normalized spacial score (nSPS) is 11.2. The van der Waals surface area contributed by atoms with Gasteiger partial charge in [-0.1, -0.05) is 96.6 Å². The van der Waals surface area contributed by atoms with Crippen LogP contribution in [0.5, 0.6) is 5.75 Å². The Bertz CT molecular complexity index is 1040. The highest BCUT2D eigenvalue weighted by molar-refractivity contribution is 5.82. The molecule has 194 valence electrons. The molecule has 3 rings (SSSR count). The maximum Gasteiger partial charge on any atom is 0.311 e. The van der Waals surface area contributed by atoms with E-state index in [1.165, 1.54) is 81.6 Å². The number of carbonyl (C=O) groups excluding carboxylic acids is 1. The summed E-state index contributed by atoms with van der Waals surface area (Å²) in [5.41, 5.74) is 4.38. The zero-order chi connectivity index (χ0) is 25.4. The summed E-state index contributed by atoms with van der Waals surface area (Å²) in [6.07, 6.45) is 18.0. The van der Waals surface area contributed by atoms with Gasteiger partial charge in [-0.15, -0.1) is 0 Å². The summed E-state index contributed by atoms with van der Waals surface area (Å²) in [6.45, 7) is 4.49. The zero-order valence-corrected chi connectivity index (χ0v) is 22.6. The summed E-state index contributed by atoms with van der Waals surface area (Å²) in [5.74, 6) is 0.462. The van der Waals surface area contributed by atoms with Crippen LogP contribution in [-0.4, -0.2) is 11.0 Å². The lowest BCUT2D eigenvalue weighted by molar-refractivity contribution is -0.134. The number of pyridine rings is 1. The molecule has 0 spiro atoms. The number of nitrogens with zero attached hydrogens (tertiary/aromatic N) is 1. The second kappa shape index (κ2) is 16.1. The number of hydrogen-bond donors (Lipinski definition) is 0. The number of rotatable bonds is 17. The average molecular weight is 488 g/mol. The molecule has 2 aromatic carbocycles. The van der Waals surface area contributed by atoms with Gasteiger partial charge in [0.2, 0.25) is 0 Å². The molecule has 3 aromatic rings. The Labute approximate surface area is 218 Å². The van der Waals surface area contributed by atoms with E-state index < -0.39 is 0 Å². The largest absolute Gasteiger partial charge is 0.427 e. The lowest BCUT2D eigenvalue weighted by Crippen LogP contribution is -2.07. The standard InChI is InChI=1S/C33H45NO2/c1-3-5-7-9-11-13-15-17-33(35)36-30-22-19-28(20-23-30)31-25-21-29-26-27(18-24-32(29)34-31)16-14-12-10-8-6-4-2/h18-26H,3-17H2,1-2H3. The lowest BCUT2D eigenvalue weighted by Gasteiger charge is -2.08. The number of unbranched alkanes of at least 4 members (excludes halogenated alkanes) is 11. The van der Waals surface area contributed by atoms with Crippen molar-refractivity contribution < 1.29 is 9.53 Å². The molecule has 0 unspecified atom stereocenters. The average Bonchev–Trinajstić information content (AvgIpc) is 2.90. The van der Waals surface area contributed by atoms with Crippen LogP contribution in [0.3, 0.4) is 0 Å². The number of aromatic nitrogens is 1. The third-order valence-corrected chi connectivity index (χ3v) is 6.94. The Morgan fingerprint density at radius 2 is 1.33 bits per heavy atom. The maximum absolute atomic E-state index is 12.2. The molecule has 1 aromatic heterocycles. The third-order valence-electron chi connectivity index (χ3n) is 6.94. The van der Waals surface area contributed by atoms with E-state index >= 15 is 0 Å². The summed E-state index contributed by atoms with van der Waals surface area (Å²) in [6, 6.07) is 18.6. The molecule has 0 aliphatic carbocycles. The third kappa shape index (κ3) is 9.76. The van der Waals surface area contributed by atoms with E-state index in [1.807, 2.05) is 24.3 Å². The van der Waals surface area contributed by atoms with Crippen LogP contribution in [0.25, 0.3) is 22.2 Å². The van der Waals surface area contributed by atoms with Crippen molar-refractivity contribution in [3.63, 3.8) is 0 Å². The minimum Gasteiger partial charge on any atom is -0.427 e. The van der Waals surface area contributed by atoms with E-state index in [2.05, 4.69) is 44.2 Å². The van der Waals surface area contributed by atoms with E-state index in [4.69, 9.17) is 9.72 Å². The van der Waals surface area contributed by atoms with E-state index in [0.717, 1.165) is 36.0 Å².